The van der Waals surface area contributed by atoms with E-state index >= 15 is 0 Å². The van der Waals surface area contributed by atoms with Gasteiger partial charge in [-0.25, -0.2) is 0 Å². The SMILES string of the molecule is CCN(C(=O)c1sccc1C#CCO)C(C)CN(C)C. The van der Waals surface area contributed by atoms with Crippen LogP contribution in [0.4, 0.5) is 0 Å². The summed E-state index contributed by atoms with van der Waals surface area (Å²) in [5.41, 5.74) is 0.699. The lowest BCUT2D eigenvalue weighted by Gasteiger charge is -2.29. The van der Waals surface area contributed by atoms with E-state index in [9.17, 15) is 4.79 Å². The van der Waals surface area contributed by atoms with Gasteiger partial charge in [-0.3, -0.25) is 4.79 Å². The number of nitrogens with zero attached hydrogens (tertiary/aromatic N) is 2. The maximum atomic E-state index is 12.6. The molecule has 0 spiro atoms. The number of carbonyl (C=O) groups excluding carboxylic acids is 1. The third-order valence-corrected chi connectivity index (χ3v) is 3.83. The van der Waals surface area contributed by atoms with E-state index in [0.29, 0.717) is 17.0 Å². The van der Waals surface area contributed by atoms with Crippen LogP contribution in [0.1, 0.15) is 29.1 Å². The molecule has 4 nitrogen and oxygen atoms in total. The van der Waals surface area contributed by atoms with Gasteiger partial charge in [0.25, 0.3) is 5.91 Å². The minimum absolute atomic E-state index is 0.0130. The Hall–Kier alpha value is -1.35. The Morgan fingerprint density at radius 3 is 2.75 bits per heavy atom. The first-order valence-corrected chi connectivity index (χ1v) is 7.52. The summed E-state index contributed by atoms with van der Waals surface area (Å²) in [5.74, 6) is 5.45. The van der Waals surface area contributed by atoms with Crippen LogP contribution in [-0.4, -0.2) is 60.6 Å². The number of amides is 1. The summed E-state index contributed by atoms with van der Waals surface area (Å²) in [6.07, 6.45) is 0. The lowest BCUT2D eigenvalue weighted by molar-refractivity contribution is 0.0684. The third kappa shape index (κ3) is 4.34. The van der Waals surface area contributed by atoms with Gasteiger partial charge >= 0.3 is 0 Å². The van der Waals surface area contributed by atoms with Gasteiger partial charge in [0.05, 0.1) is 0 Å². The fraction of sp³-hybridized carbons (Fsp3) is 0.533. The maximum absolute atomic E-state index is 12.6. The van der Waals surface area contributed by atoms with Gasteiger partial charge in [-0.2, -0.15) is 0 Å². The van der Waals surface area contributed by atoms with E-state index in [1.807, 2.05) is 44.3 Å². The van der Waals surface area contributed by atoms with Gasteiger partial charge in [-0.05, 0) is 39.4 Å². The van der Waals surface area contributed by atoms with E-state index in [0.717, 1.165) is 6.54 Å². The van der Waals surface area contributed by atoms with Gasteiger partial charge in [0, 0.05) is 24.7 Å². The maximum Gasteiger partial charge on any atom is 0.265 e. The van der Waals surface area contributed by atoms with Crippen molar-refractivity contribution in [3.63, 3.8) is 0 Å². The molecular formula is C15H22N2O2S. The summed E-state index contributed by atoms with van der Waals surface area (Å²) in [4.78, 5) is 17.2. The van der Waals surface area contributed by atoms with Crippen molar-refractivity contribution in [3.8, 4) is 11.8 Å². The van der Waals surface area contributed by atoms with Crippen LogP contribution in [0, 0.1) is 11.8 Å². The molecule has 0 aliphatic carbocycles. The van der Waals surface area contributed by atoms with Crippen LogP contribution in [0.2, 0.25) is 0 Å². The summed E-state index contributed by atoms with van der Waals surface area (Å²) in [6.45, 7) is 5.32. The molecule has 0 aliphatic heterocycles. The minimum atomic E-state index is -0.196. The molecule has 0 bridgehead atoms. The van der Waals surface area contributed by atoms with E-state index in [2.05, 4.69) is 16.7 Å². The average Bonchev–Trinajstić information content (AvgIpc) is 2.84. The molecule has 1 N–H and O–H groups in total. The van der Waals surface area contributed by atoms with E-state index in [4.69, 9.17) is 5.11 Å². The van der Waals surface area contributed by atoms with Crippen LogP contribution in [0.5, 0.6) is 0 Å². The number of carbonyl (C=O) groups is 1. The minimum Gasteiger partial charge on any atom is -0.384 e. The number of aliphatic hydroxyl groups excluding tert-OH is 1. The van der Waals surface area contributed by atoms with Crippen molar-refractivity contribution in [3.05, 3.63) is 21.9 Å². The van der Waals surface area contributed by atoms with Gasteiger partial charge in [0.2, 0.25) is 0 Å². The molecule has 1 atom stereocenters. The number of hydrogen-bond donors (Lipinski definition) is 1. The molecule has 0 saturated heterocycles. The van der Waals surface area contributed by atoms with Crippen LogP contribution in [0.25, 0.3) is 0 Å². The summed E-state index contributed by atoms with van der Waals surface area (Å²) < 4.78 is 0. The second-order valence-corrected chi connectivity index (χ2v) is 5.74. The molecule has 1 aromatic rings. The molecule has 0 aromatic carbocycles. The molecule has 0 radical (unpaired) electrons. The highest BCUT2D eigenvalue weighted by Gasteiger charge is 2.23. The van der Waals surface area contributed by atoms with Crippen LogP contribution in [0.15, 0.2) is 11.4 Å². The van der Waals surface area contributed by atoms with E-state index in [1.165, 1.54) is 11.3 Å². The fourth-order valence-electron chi connectivity index (χ4n) is 2.12. The highest BCUT2D eigenvalue weighted by molar-refractivity contribution is 7.12. The monoisotopic (exact) mass is 294 g/mol. The topological polar surface area (TPSA) is 43.8 Å². The van der Waals surface area contributed by atoms with Gasteiger partial charge in [0.15, 0.2) is 0 Å². The predicted octanol–water partition coefficient (Wildman–Crippen LogP) is 1.50. The molecular weight excluding hydrogens is 272 g/mol. The van der Waals surface area contributed by atoms with Crippen molar-refractivity contribution in [2.75, 3.05) is 33.8 Å². The first-order valence-electron chi connectivity index (χ1n) is 6.64. The Balaban J connectivity index is 2.94. The molecule has 1 aromatic heterocycles. The van der Waals surface area contributed by atoms with Crippen LogP contribution in [0.3, 0.4) is 0 Å². The normalized spacial score (nSPS) is 11.9. The van der Waals surface area contributed by atoms with Crippen molar-refractivity contribution in [2.45, 2.75) is 19.9 Å². The van der Waals surface area contributed by atoms with Crippen molar-refractivity contribution in [2.24, 2.45) is 0 Å². The molecule has 0 saturated carbocycles. The van der Waals surface area contributed by atoms with E-state index < -0.39 is 0 Å². The smallest absolute Gasteiger partial charge is 0.265 e. The zero-order chi connectivity index (χ0) is 15.1. The van der Waals surface area contributed by atoms with E-state index in [-0.39, 0.29) is 18.6 Å². The van der Waals surface area contributed by atoms with Crippen molar-refractivity contribution < 1.29 is 9.90 Å². The molecule has 5 heteroatoms. The van der Waals surface area contributed by atoms with Gasteiger partial charge in [-0.1, -0.05) is 11.8 Å². The first kappa shape index (κ1) is 16.7. The van der Waals surface area contributed by atoms with E-state index in [1.54, 1.807) is 0 Å². The molecule has 1 rings (SSSR count). The Morgan fingerprint density at radius 1 is 1.50 bits per heavy atom. The molecule has 0 fully saturated rings. The zero-order valence-electron chi connectivity index (χ0n) is 12.5. The lowest BCUT2D eigenvalue weighted by atomic mass is 10.2. The number of rotatable bonds is 5. The second-order valence-electron chi connectivity index (χ2n) is 4.83. The molecule has 1 amide bonds. The second kappa shape index (κ2) is 8.05. The standard InChI is InChI=1S/C15H22N2O2S/c1-5-17(12(2)11-16(3)4)15(19)14-13(7-6-9-18)8-10-20-14/h8,10,12,18H,5,9,11H2,1-4H3. The number of hydrogen-bond acceptors (Lipinski definition) is 4. The fourth-order valence-corrected chi connectivity index (χ4v) is 2.93. The predicted molar refractivity (Wildman–Crippen MR) is 83.0 cm³/mol. The molecule has 1 heterocycles. The molecule has 20 heavy (non-hydrogen) atoms. The Kier molecular flexibility index (Phi) is 6.73. The van der Waals surface area contributed by atoms with Crippen molar-refractivity contribution >= 4 is 17.2 Å². The summed E-state index contributed by atoms with van der Waals surface area (Å²) in [6, 6.07) is 1.97. The first-order chi connectivity index (χ1) is 9.51. The largest absolute Gasteiger partial charge is 0.384 e. The van der Waals surface area contributed by atoms with Gasteiger partial charge in [-0.15, -0.1) is 11.3 Å². The summed E-state index contributed by atoms with van der Waals surface area (Å²) >= 11 is 1.40. The summed E-state index contributed by atoms with van der Waals surface area (Å²) in [5, 5.41) is 10.6. The number of thiophene rings is 1. The van der Waals surface area contributed by atoms with Crippen LogP contribution >= 0.6 is 11.3 Å². The quantitative estimate of drug-likeness (QED) is 0.837. The third-order valence-electron chi connectivity index (χ3n) is 2.92. The summed E-state index contributed by atoms with van der Waals surface area (Å²) in [7, 11) is 4.00. The average molecular weight is 294 g/mol. The van der Waals surface area contributed by atoms with Crippen molar-refractivity contribution in [1.82, 2.24) is 9.80 Å². The zero-order valence-corrected chi connectivity index (χ0v) is 13.3. The molecule has 110 valence electrons. The van der Waals surface area contributed by atoms with Gasteiger partial charge in [0.1, 0.15) is 11.5 Å². The highest BCUT2D eigenvalue weighted by Crippen LogP contribution is 2.19. The molecule has 1 unspecified atom stereocenters. The Labute approximate surface area is 125 Å². The van der Waals surface area contributed by atoms with Crippen molar-refractivity contribution in [1.29, 1.82) is 0 Å². The number of aliphatic hydroxyl groups is 1. The highest BCUT2D eigenvalue weighted by atomic mass is 32.1. The lowest BCUT2D eigenvalue weighted by Crippen LogP contribution is -2.43. The van der Waals surface area contributed by atoms with Crippen LogP contribution < -0.4 is 0 Å². The number of likely N-dealkylation sites (N-methyl/N-ethyl adjacent to an activating group) is 2. The Morgan fingerprint density at radius 2 is 2.20 bits per heavy atom. The Bertz CT molecular complexity index is 499. The van der Waals surface area contributed by atoms with Gasteiger partial charge < -0.3 is 14.9 Å². The van der Waals surface area contributed by atoms with Crippen LogP contribution in [-0.2, 0) is 0 Å². The molecule has 0 aliphatic rings.